The summed E-state index contributed by atoms with van der Waals surface area (Å²) in [7, 11) is 0. The molecule has 2 aromatic heterocycles. The molecule has 2 heterocycles. The molecule has 2 aliphatic rings. The molecule has 1 atom stereocenters. The maximum atomic E-state index is 2.50. The zero-order valence-electron chi connectivity index (χ0n) is 35.2. The Bertz CT molecular complexity index is 3860. The minimum Gasteiger partial charge on any atom is -0.310 e. The van der Waals surface area contributed by atoms with Crippen molar-refractivity contribution in [2.24, 2.45) is 0 Å². The van der Waals surface area contributed by atoms with Crippen LogP contribution in [0.5, 0.6) is 0 Å². The number of thiophene rings is 2. The highest BCUT2D eigenvalue weighted by Crippen LogP contribution is 2.65. The van der Waals surface area contributed by atoms with E-state index in [4.69, 9.17) is 0 Å². The van der Waals surface area contributed by atoms with Gasteiger partial charge in [0.25, 0.3) is 0 Å². The Morgan fingerprint density at radius 3 is 1.40 bits per heavy atom. The van der Waals surface area contributed by atoms with Crippen LogP contribution >= 0.6 is 22.7 Å². The van der Waals surface area contributed by atoms with Crippen molar-refractivity contribution in [2.75, 3.05) is 9.80 Å². The monoisotopic (exact) mass is 862 g/mol. The normalized spacial score (nSPS) is 14.5. The van der Waals surface area contributed by atoms with Crippen LogP contribution in [0, 0.1) is 0 Å². The van der Waals surface area contributed by atoms with Crippen LogP contribution in [0.3, 0.4) is 0 Å². The second-order valence-corrected chi connectivity index (χ2v) is 19.3. The molecule has 0 amide bonds. The molecule has 14 rings (SSSR count). The predicted molar refractivity (Wildman–Crippen MR) is 278 cm³/mol. The first-order valence-corrected chi connectivity index (χ1v) is 23.9. The molecule has 304 valence electrons. The molecule has 0 saturated carbocycles. The lowest BCUT2D eigenvalue weighted by atomic mass is 9.70. The zero-order chi connectivity index (χ0) is 42.6. The van der Waals surface area contributed by atoms with E-state index in [1.807, 2.05) is 22.7 Å². The van der Waals surface area contributed by atoms with E-state index in [-0.39, 0.29) is 0 Å². The summed E-state index contributed by atoms with van der Waals surface area (Å²) in [6, 6.07) is 85.9. The molecule has 0 bridgehead atoms. The fourth-order valence-electron chi connectivity index (χ4n) is 11.2. The van der Waals surface area contributed by atoms with E-state index in [2.05, 4.69) is 240 Å². The van der Waals surface area contributed by atoms with E-state index >= 15 is 0 Å². The van der Waals surface area contributed by atoms with Crippen molar-refractivity contribution in [1.29, 1.82) is 0 Å². The molecule has 0 radical (unpaired) electrons. The third-order valence-electron chi connectivity index (χ3n) is 13.8. The van der Waals surface area contributed by atoms with Gasteiger partial charge in [0.1, 0.15) is 0 Å². The molecule has 0 fully saturated rings. The van der Waals surface area contributed by atoms with Gasteiger partial charge in [-0.25, -0.2) is 0 Å². The fraction of sp³-hybridized carbons (Fsp3) is 0.0164. The molecule has 1 unspecified atom stereocenters. The summed E-state index contributed by atoms with van der Waals surface area (Å²) in [5.41, 5.74) is 16.6. The van der Waals surface area contributed by atoms with Crippen LogP contribution in [0.1, 0.15) is 22.3 Å². The van der Waals surface area contributed by atoms with E-state index in [1.54, 1.807) is 0 Å². The second kappa shape index (κ2) is 14.1. The van der Waals surface area contributed by atoms with Gasteiger partial charge in [0.15, 0.2) is 0 Å². The molecule has 0 aliphatic heterocycles. The minimum absolute atomic E-state index is 0.560. The highest BCUT2D eigenvalue weighted by atomic mass is 32.1. The lowest BCUT2D eigenvalue weighted by molar-refractivity contribution is 0.793. The summed E-state index contributed by atoms with van der Waals surface area (Å²) in [4.78, 5) is 4.93. The Hall–Kier alpha value is -7.76. The molecule has 1 spiro atoms. The van der Waals surface area contributed by atoms with Crippen molar-refractivity contribution in [2.45, 2.75) is 5.41 Å². The first-order chi connectivity index (χ1) is 32.2. The van der Waals surface area contributed by atoms with Crippen molar-refractivity contribution < 1.29 is 0 Å². The van der Waals surface area contributed by atoms with Gasteiger partial charge in [0.2, 0.25) is 0 Å². The van der Waals surface area contributed by atoms with E-state index in [0.717, 1.165) is 28.4 Å². The van der Waals surface area contributed by atoms with Gasteiger partial charge in [-0.3, -0.25) is 0 Å². The molecule has 65 heavy (non-hydrogen) atoms. The molecule has 2 nitrogen and oxygen atoms in total. The number of fused-ring (bicyclic) bond motifs is 16. The second-order valence-electron chi connectivity index (χ2n) is 17.2. The van der Waals surface area contributed by atoms with Crippen LogP contribution < -0.4 is 9.80 Å². The Morgan fingerprint density at radius 2 is 0.738 bits per heavy atom. The Labute approximate surface area is 385 Å². The third-order valence-corrected chi connectivity index (χ3v) is 16.1. The standard InChI is InChI=1S/C61H38N2S2/c1-3-16-39(17-4-1)62(41-31-34-58-49(36-41)46-21-9-13-28-56(46)64-58)43-30-33-45-44-20-7-11-24-51(44)61(54(45)38-43)52-25-12-8-23-48(52)60-53(61)26-15-27-55(60)63(40-18-5-2-6-19-40)42-32-35-59-50(37-42)47-22-10-14-29-57(47)65-59/h1-38H. The first kappa shape index (κ1) is 36.7. The maximum absolute atomic E-state index is 2.50. The predicted octanol–water partition coefficient (Wildman–Crippen LogP) is 17.7. The Kier molecular flexibility index (Phi) is 7.97. The number of nitrogens with zero attached hydrogens (tertiary/aromatic N) is 2. The first-order valence-electron chi connectivity index (χ1n) is 22.2. The topological polar surface area (TPSA) is 6.48 Å². The summed E-state index contributed by atoms with van der Waals surface area (Å²) in [6.45, 7) is 0. The van der Waals surface area contributed by atoms with Crippen molar-refractivity contribution in [3.05, 3.63) is 253 Å². The van der Waals surface area contributed by atoms with E-state index in [1.165, 1.54) is 90.5 Å². The van der Waals surface area contributed by atoms with Crippen molar-refractivity contribution in [1.82, 2.24) is 0 Å². The van der Waals surface area contributed by atoms with Crippen LogP contribution in [-0.4, -0.2) is 0 Å². The number of benzene rings is 10. The van der Waals surface area contributed by atoms with Gasteiger partial charge in [-0.1, -0.05) is 140 Å². The maximum Gasteiger partial charge on any atom is 0.0727 e. The van der Waals surface area contributed by atoms with Gasteiger partial charge in [0, 0.05) is 74.3 Å². The third kappa shape index (κ3) is 5.27. The van der Waals surface area contributed by atoms with Gasteiger partial charge >= 0.3 is 0 Å². The lowest BCUT2D eigenvalue weighted by Crippen LogP contribution is -2.26. The molecule has 12 aromatic rings. The molecule has 0 saturated heterocycles. The van der Waals surface area contributed by atoms with Crippen molar-refractivity contribution >= 4 is 97.1 Å². The summed E-state index contributed by atoms with van der Waals surface area (Å²) in [5.74, 6) is 0. The zero-order valence-corrected chi connectivity index (χ0v) is 36.8. The van der Waals surface area contributed by atoms with Crippen LogP contribution in [0.2, 0.25) is 0 Å². The van der Waals surface area contributed by atoms with E-state index < -0.39 is 5.41 Å². The van der Waals surface area contributed by atoms with Gasteiger partial charge in [0.05, 0.1) is 11.1 Å². The number of hydrogen-bond acceptors (Lipinski definition) is 4. The van der Waals surface area contributed by atoms with Gasteiger partial charge in [-0.2, -0.15) is 0 Å². The highest BCUT2D eigenvalue weighted by Gasteiger charge is 2.52. The average molecular weight is 863 g/mol. The van der Waals surface area contributed by atoms with Gasteiger partial charge in [-0.05, 0) is 130 Å². The smallest absolute Gasteiger partial charge is 0.0727 e. The molecule has 4 heteroatoms. The van der Waals surface area contributed by atoms with Crippen molar-refractivity contribution in [3.8, 4) is 22.3 Å². The van der Waals surface area contributed by atoms with Gasteiger partial charge < -0.3 is 9.80 Å². The fourth-order valence-corrected chi connectivity index (χ4v) is 13.4. The van der Waals surface area contributed by atoms with E-state index in [0.29, 0.717) is 0 Å². The van der Waals surface area contributed by atoms with Gasteiger partial charge in [-0.15, -0.1) is 22.7 Å². The number of para-hydroxylation sites is 2. The van der Waals surface area contributed by atoms with Crippen LogP contribution in [-0.2, 0) is 5.41 Å². The molecule has 10 aromatic carbocycles. The minimum atomic E-state index is -0.560. The summed E-state index contributed by atoms with van der Waals surface area (Å²) < 4.78 is 5.22. The Balaban J connectivity index is 1.02. The Morgan fingerprint density at radius 1 is 0.277 bits per heavy atom. The van der Waals surface area contributed by atoms with Crippen molar-refractivity contribution in [3.63, 3.8) is 0 Å². The lowest BCUT2D eigenvalue weighted by Gasteiger charge is -2.33. The molecule has 2 aliphatic carbocycles. The summed E-state index contributed by atoms with van der Waals surface area (Å²) >= 11 is 3.73. The number of hydrogen-bond donors (Lipinski definition) is 0. The number of rotatable bonds is 6. The van der Waals surface area contributed by atoms with E-state index in [9.17, 15) is 0 Å². The van der Waals surface area contributed by atoms with Crippen LogP contribution in [0.15, 0.2) is 231 Å². The largest absolute Gasteiger partial charge is 0.310 e. The molecule has 0 N–H and O–H groups in total. The molecular formula is C61H38N2S2. The summed E-state index contributed by atoms with van der Waals surface area (Å²) in [5, 5.41) is 5.17. The highest BCUT2D eigenvalue weighted by molar-refractivity contribution is 7.26. The quantitative estimate of drug-likeness (QED) is 0.164. The van der Waals surface area contributed by atoms with Crippen LogP contribution in [0.25, 0.3) is 62.6 Å². The SMILES string of the molecule is c1ccc(N(c2ccc3c(c2)C2(c4ccccc4-3)c3ccccc3-c3c(N(c4ccccc4)c4ccc5sc6ccccc6c5c4)cccc32)c2ccc3sc4ccccc4c3c2)cc1. The van der Waals surface area contributed by atoms with Crippen LogP contribution in [0.4, 0.5) is 34.1 Å². The summed E-state index contributed by atoms with van der Waals surface area (Å²) in [6.07, 6.45) is 0. The number of anilines is 6. The molecular weight excluding hydrogens is 825 g/mol. The average Bonchev–Trinajstić information content (AvgIpc) is 4.10.